The molecule has 0 radical (unpaired) electrons. The predicted octanol–water partition coefficient (Wildman–Crippen LogP) is 6.10. The van der Waals surface area contributed by atoms with Crippen molar-refractivity contribution in [2.75, 3.05) is 25.0 Å². The average Bonchev–Trinajstić information content (AvgIpc) is 3.31. The number of unbranched alkanes of at least 4 members (excludes halogenated alkanes) is 1. The Balaban J connectivity index is 1.72. The molecule has 0 spiro atoms. The molecule has 0 bridgehead atoms. The van der Waals surface area contributed by atoms with Gasteiger partial charge in [0.1, 0.15) is 6.54 Å². The van der Waals surface area contributed by atoms with Crippen LogP contribution in [0.1, 0.15) is 52.4 Å². The van der Waals surface area contributed by atoms with Crippen molar-refractivity contribution >= 4 is 34.9 Å². The zero-order valence-electron chi connectivity index (χ0n) is 21.7. The van der Waals surface area contributed by atoms with Gasteiger partial charge in [0.25, 0.3) is 0 Å². The number of amides is 3. The average molecular weight is 522 g/mol. The summed E-state index contributed by atoms with van der Waals surface area (Å²) < 4.78 is 5.01. The minimum absolute atomic E-state index is 0.0239. The smallest absolute Gasteiger partial charge is 0.338 e. The minimum Gasteiger partial charge on any atom is -0.462 e. The molecule has 3 rings (SSSR count). The summed E-state index contributed by atoms with van der Waals surface area (Å²) in [5.74, 6) is -0.520. The third-order valence-corrected chi connectivity index (χ3v) is 6.74. The summed E-state index contributed by atoms with van der Waals surface area (Å²) in [7, 11) is 0. The van der Waals surface area contributed by atoms with Crippen LogP contribution < -0.4 is 5.32 Å². The molecule has 0 atom stereocenters. The van der Waals surface area contributed by atoms with Crippen molar-refractivity contribution in [2.45, 2.75) is 46.7 Å². The number of anilines is 1. The second kappa shape index (κ2) is 14.2. The Morgan fingerprint density at radius 1 is 0.892 bits per heavy atom. The number of urea groups is 1. The molecule has 0 aliphatic heterocycles. The van der Waals surface area contributed by atoms with Gasteiger partial charge in [0.2, 0.25) is 5.91 Å². The van der Waals surface area contributed by atoms with Gasteiger partial charge in [-0.3, -0.25) is 4.79 Å². The fourth-order valence-corrected chi connectivity index (χ4v) is 4.67. The molecule has 3 amide bonds. The highest BCUT2D eigenvalue weighted by Gasteiger charge is 2.22. The van der Waals surface area contributed by atoms with Crippen LogP contribution >= 0.6 is 11.3 Å². The van der Waals surface area contributed by atoms with Gasteiger partial charge in [-0.25, -0.2) is 9.59 Å². The van der Waals surface area contributed by atoms with Crippen LogP contribution in [-0.4, -0.2) is 47.4 Å². The summed E-state index contributed by atoms with van der Waals surface area (Å²) in [5.41, 5.74) is 2.00. The highest BCUT2D eigenvalue weighted by Crippen LogP contribution is 2.19. The molecule has 2 aromatic carbocycles. The van der Waals surface area contributed by atoms with Crippen molar-refractivity contribution in [3.8, 4) is 0 Å². The number of benzene rings is 2. The van der Waals surface area contributed by atoms with Crippen LogP contribution in [0.3, 0.4) is 0 Å². The Labute approximate surface area is 223 Å². The lowest BCUT2D eigenvalue weighted by Crippen LogP contribution is -2.44. The Morgan fingerprint density at radius 2 is 1.62 bits per heavy atom. The molecule has 1 N–H and O–H groups in total. The molecule has 196 valence electrons. The molecule has 1 aromatic heterocycles. The SMILES string of the molecule is CCCCN(CC(=O)N(Cc1ccccc1)Cc1ccc(C)s1)C(=O)Nc1ccc(C(=O)OCC)cc1. The van der Waals surface area contributed by atoms with E-state index in [2.05, 4.69) is 11.4 Å². The van der Waals surface area contributed by atoms with Crippen LogP contribution in [0.2, 0.25) is 0 Å². The van der Waals surface area contributed by atoms with Gasteiger partial charge in [-0.1, -0.05) is 43.7 Å². The molecule has 0 aliphatic carbocycles. The van der Waals surface area contributed by atoms with Crippen LogP contribution in [0.4, 0.5) is 10.5 Å². The molecule has 0 unspecified atom stereocenters. The van der Waals surface area contributed by atoms with Crippen molar-refractivity contribution in [3.63, 3.8) is 0 Å². The maximum absolute atomic E-state index is 13.5. The summed E-state index contributed by atoms with van der Waals surface area (Å²) >= 11 is 1.67. The number of thiophene rings is 1. The lowest BCUT2D eigenvalue weighted by molar-refractivity contribution is -0.133. The third-order valence-electron chi connectivity index (χ3n) is 5.75. The first kappa shape index (κ1) is 27.9. The molecule has 1 heterocycles. The number of rotatable bonds is 12. The van der Waals surface area contributed by atoms with Gasteiger partial charge < -0.3 is 19.9 Å². The number of esters is 1. The van der Waals surface area contributed by atoms with E-state index in [1.54, 1.807) is 52.3 Å². The van der Waals surface area contributed by atoms with Crippen molar-refractivity contribution < 1.29 is 19.1 Å². The van der Waals surface area contributed by atoms with E-state index in [1.165, 1.54) is 4.88 Å². The number of nitrogens with one attached hydrogen (secondary N) is 1. The van der Waals surface area contributed by atoms with E-state index >= 15 is 0 Å². The lowest BCUT2D eigenvalue weighted by Gasteiger charge is -2.28. The second-order valence-electron chi connectivity index (χ2n) is 8.75. The van der Waals surface area contributed by atoms with E-state index in [1.807, 2.05) is 50.2 Å². The van der Waals surface area contributed by atoms with Gasteiger partial charge in [-0.15, -0.1) is 11.3 Å². The van der Waals surface area contributed by atoms with Gasteiger partial charge >= 0.3 is 12.0 Å². The lowest BCUT2D eigenvalue weighted by atomic mass is 10.2. The number of hydrogen-bond donors (Lipinski definition) is 1. The number of ether oxygens (including phenoxy) is 1. The van der Waals surface area contributed by atoms with E-state index in [4.69, 9.17) is 4.74 Å². The molecule has 8 heteroatoms. The number of nitrogens with zero attached hydrogens (tertiary/aromatic N) is 2. The van der Waals surface area contributed by atoms with Crippen molar-refractivity contribution in [2.24, 2.45) is 0 Å². The topological polar surface area (TPSA) is 79.0 Å². The quantitative estimate of drug-likeness (QED) is 0.292. The standard InChI is InChI=1S/C29H35N3O4S/c1-4-6-18-31(29(35)30-25-15-13-24(14-16-25)28(34)36-5-2)21-27(33)32(19-23-10-8-7-9-11-23)20-26-17-12-22(3)37-26/h7-17H,4-6,18-21H2,1-3H3,(H,30,35). The normalized spacial score (nSPS) is 10.6. The van der Waals surface area contributed by atoms with Crippen LogP contribution in [0.25, 0.3) is 0 Å². The Hall–Kier alpha value is -3.65. The summed E-state index contributed by atoms with van der Waals surface area (Å²) in [6.45, 7) is 7.54. The Kier molecular flexibility index (Phi) is 10.7. The summed E-state index contributed by atoms with van der Waals surface area (Å²) in [6.07, 6.45) is 1.68. The maximum Gasteiger partial charge on any atom is 0.338 e. The molecule has 0 aliphatic rings. The van der Waals surface area contributed by atoms with Gasteiger partial charge in [-0.2, -0.15) is 0 Å². The fourth-order valence-electron chi connectivity index (χ4n) is 3.77. The van der Waals surface area contributed by atoms with E-state index in [0.717, 1.165) is 23.3 Å². The zero-order valence-corrected chi connectivity index (χ0v) is 22.6. The van der Waals surface area contributed by atoms with Crippen LogP contribution in [0, 0.1) is 6.92 Å². The fraction of sp³-hybridized carbons (Fsp3) is 0.345. The van der Waals surface area contributed by atoms with Gasteiger partial charge in [0, 0.05) is 28.5 Å². The first-order chi connectivity index (χ1) is 17.9. The summed E-state index contributed by atoms with van der Waals surface area (Å²) in [5, 5.41) is 2.86. The predicted molar refractivity (Wildman–Crippen MR) is 148 cm³/mol. The van der Waals surface area contributed by atoms with Crippen LogP contribution in [-0.2, 0) is 22.6 Å². The first-order valence-electron chi connectivity index (χ1n) is 12.6. The second-order valence-corrected chi connectivity index (χ2v) is 10.1. The number of aryl methyl sites for hydroxylation is 1. The van der Waals surface area contributed by atoms with Crippen molar-refractivity contribution in [1.29, 1.82) is 0 Å². The van der Waals surface area contributed by atoms with E-state index in [-0.39, 0.29) is 18.5 Å². The molecular weight excluding hydrogens is 486 g/mol. The van der Waals surface area contributed by atoms with E-state index in [0.29, 0.717) is 37.5 Å². The number of hydrogen-bond acceptors (Lipinski definition) is 5. The number of carbonyl (C=O) groups is 3. The van der Waals surface area contributed by atoms with Crippen LogP contribution in [0.15, 0.2) is 66.7 Å². The Morgan fingerprint density at radius 3 is 2.24 bits per heavy atom. The summed E-state index contributed by atoms with van der Waals surface area (Å²) in [4.78, 5) is 44.3. The highest BCUT2D eigenvalue weighted by molar-refractivity contribution is 7.11. The largest absolute Gasteiger partial charge is 0.462 e. The highest BCUT2D eigenvalue weighted by atomic mass is 32.1. The molecule has 7 nitrogen and oxygen atoms in total. The molecule has 0 saturated heterocycles. The van der Waals surface area contributed by atoms with E-state index < -0.39 is 5.97 Å². The van der Waals surface area contributed by atoms with Gasteiger partial charge in [-0.05, 0) is 62.2 Å². The van der Waals surface area contributed by atoms with Crippen molar-refractivity contribution in [1.82, 2.24) is 9.80 Å². The number of carbonyl (C=O) groups excluding carboxylic acids is 3. The monoisotopic (exact) mass is 521 g/mol. The molecule has 0 fully saturated rings. The van der Waals surface area contributed by atoms with Crippen LogP contribution in [0.5, 0.6) is 0 Å². The van der Waals surface area contributed by atoms with Crippen molar-refractivity contribution in [3.05, 3.63) is 87.6 Å². The minimum atomic E-state index is -0.407. The molecule has 37 heavy (non-hydrogen) atoms. The Bertz CT molecular complexity index is 1160. The first-order valence-corrected chi connectivity index (χ1v) is 13.4. The molecule has 3 aromatic rings. The maximum atomic E-state index is 13.5. The summed E-state index contributed by atoms with van der Waals surface area (Å²) in [6, 6.07) is 20.2. The zero-order chi connectivity index (χ0) is 26.6. The molecular formula is C29H35N3O4S. The van der Waals surface area contributed by atoms with E-state index in [9.17, 15) is 14.4 Å². The van der Waals surface area contributed by atoms with Gasteiger partial charge in [0.15, 0.2) is 0 Å². The molecule has 0 saturated carbocycles. The van der Waals surface area contributed by atoms with Gasteiger partial charge in [0.05, 0.1) is 18.7 Å². The third kappa shape index (κ3) is 8.75.